The summed E-state index contributed by atoms with van der Waals surface area (Å²) < 4.78 is 28.3. The maximum Gasteiger partial charge on any atom is 0.150 e. The maximum atomic E-state index is 13.7. The molecule has 2 rings (SSSR count). The van der Waals surface area contributed by atoms with E-state index < -0.39 is 11.6 Å². The molecule has 1 aromatic heterocycles. The summed E-state index contributed by atoms with van der Waals surface area (Å²) in [5.74, 6) is -1.16. The highest BCUT2D eigenvalue weighted by molar-refractivity contribution is 9.10. The summed E-state index contributed by atoms with van der Waals surface area (Å²) in [7, 11) is 0. The Morgan fingerprint density at radius 1 is 1.39 bits per heavy atom. The Bertz CT molecular complexity index is 573. The molecule has 3 nitrogen and oxygen atoms in total. The van der Waals surface area contributed by atoms with E-state index >= 15 is 0 Å². The first-order valence-electron chi connectivity index (χ1n) is 5.24. The van der Waals surface area contributed by atoms with E-state index in [1.54, 1.807) is 0 Å². The number of hydrogen-bond acceptors (Lipinski definition) is 2. The second-order valence-electron chi connectivity index (χ2n) is 3.68. The second kappa shape index (κ2) is 5.32. The molecule has 0 saturated carbocycles. The van der Waals surface area contributed by atoms with Crippen LogP contribution < -0.4 is 0 Å². The first-order valence-corrected chi connectivity index (χ1v) is 6.47. The molecule has 0 N–H and O–H groups in total. The third-order valence-corrected chi connectivity index (χ3v) is 3.57. The highest BCUT2D eigenvalue weighted by atomic mass is 79.9. The molecule has 0 radical (unpaired) electrons. The van der Waals surface area contributed by atoms with Crippen molar-refractivity contribution >= 4 is 27.5 Å². The zero-order chi connectivity index (χ0) is 13.3. The molecule has 2 aromatic rings. The Hall–Kier alpha value is -1.01. The van der Waals surface area contributed by atoms with Crippen molar-refractivity contribution in [2.75, 3.05) is 0 Å². The number of nitrogens with zero attached hydrogens (tertiary/aromatic N) is 3. The third kappa shape index (κ3) is 2.54. The average Bonchev–Trinajstić information content (AvgIpc) is 2.82. The van der Waals surface area contributed by atoms with Gasteiger partial charge < -0.3 is 0 Å². The van der Waals surface area contributed by atoms with Crippen molar-refractivity contribution in [3.05, 3.63) is 40.1 Å². The lowest BCUT2D eigenvalue weighted by Crippen LogP contribution is -2.00. The number of halogens is 4. The molecule has 0 bridgehead atoms. The van der Waals surface area contributed by atoms with Gasteiger partial charge >= 0.3 is 0 Å². The quantitative estimate of drug-likeness (QED) is 0.626. The minimum Gasteiger partial charge on any atom is -0.217 e. The summed E-state index contributed by atoms with van der Waals surface area (Å²) in [5.41, 5.74) is 0.524. The molecule has 7 heteroatoms. The van der Waals surface area contributed by atoms with Gasteiger partial charge in [0.1, 0.15) is 23.0 Å². The SMILES string of the molecule is CCC(Cl)c1cn(-c2cc(F)c(Br)cc2F)nn1. The predicted molar refractivity (Wildman–Crippen MR) is 67.9 cm³/mol. The number of alkyl halides is 1. The van der Waals surface area contributed by atoms with E-state index in [1.807, 2.05) is 6.92 Å². The van der Waals surface area contributed by atoms with Crippen molar-refractivity contribution in [3.63, 3.8) is 0 Å². The summed E-state index contributed by atoms with van der Waals surface area (Å²) in [6, 6.07) is 2.09. The van der Waals surface area contributed by atoms with Crippen LogP contribution >= 0.6 is 27.5 Å². The monoisotopic (exact) mass is 335 g/mol. The number of rotatable bonds is 3. The van der Waals surface area contributed by atoms with Gasteiger partial charge in [-0.15, -0.1) is 16.7 Å². The normalized spacial score (nSPS) is 12.7. The van der Waals surface area contributed by atoms with Gasteiger partial charge in [-0.3, -0.25) is 0 Å². The van der Waals surface area contributed by atoms with Crippen molar-refractivity contribution in [2.45, 2.75) is 18.7 Å². The summed E-state index contributed by atoms with van der Waals surface area (Å²) in [6.45, 7) is 1.90. The van der Waals surface area contributed by atoms with Crippen LogP contribution in [-0.2, 0) is 0 Å². The van der Waals surface area contributed by atoms with E-state index in [4.69, 9.17) is 11.6 Å². The van der Waals surface area contributed by atoms with Gasteiger partial charge in [0.15, 0.2) is 0 Å². The molecule has 0 amide bonds. The van der Waals surface area contributed by atoms with Gasteiger partial charge in [-0.25, -0.2) is 13.5 Å². The van der Waals surface area contributed by atoms with E-state index in [0.717, 1.165) is 12.1 Å². The molecular formula is C11H9BrClF2N3. The number of hydrogen-bond donors (Lipinski definition) is 0. The summed E-state index contributed by atoms with van der Waals surface area (Å²) in [6.07, 6.45) is 2.17. The van der Waals surface area contributed by atoms with E-state index in [2.05, 4.69) is 26.2 Å². The summed E-state index contributed by atoms with van der Waals surface area (Å²) >= 11 is 8.91. The zero-order valence-electron chi connectivity index (χ0n) is 9.37. The predicted octanol–water partition coefficient (Wildman–Crippen LogP) is 4.00. The van der Waals surface area contributed by atoms with Gasteiger partial charge in [-0.1, -0.05) is 12.1 Å². The highest BCUT2D eigenvalue weighted by Crippen LogP contribution is 2.25. The fourth-order valence-corrected chi connectivity index (χ4v) is 1.85. The molecule has 18 heavy (non-hydrogen) atoms. The van der Waals surface area contributed by atoms with Crippen molar-refractivity contribution in [1.29, 1.82) is 0 Å². The Morgan fingerprint density at radius 2 is 2.11 bits per heavy atom. The van der Waals surface area contributed by atoms with Crippen LogP contribution in [0.2, 0.25) is 0 Å². The molecule has 96 valence electrons. The topological polar surface area (TPSA) is 30.7 Å². The van der Waals surface area contributed by atoms with Crippen LogP contribution in [0.4, 0.5) is 8.78 Å². The van der Waals surface area contributed by atoms with Gasteiger partial charge in [0.05, 0.1) is 16.0 Å². The third-order valence-electron chi connectivity index (χ3n) is 2.43. The second-order valence-corrected chi connectivity index (χ2v) is 5.06. The fourth-order valence-electron chi connectivity index (χ4n) is 1.43. The lowest BCUT2D eigenvalue weighted by molar-refractivity contribution is 0.579. The molecule has 1 unspecified atom stereocenters. The van der Waals surface area contributed by atoms with Crippen LogP contribution in [0.1, 0.15) is 24.4 Å². The first-order chi connectivity index (χ1) is 8.52. The van der Waals surface area contributed by atoms with Crippen molar-refractivity contribution < 1.29 is 8.78 Å². The molecule has 0 aliphatic carbocycles. The van der Waals surface area contributed by atoms with Gasteiger partial charge in [-0.05, 0) is 28.4 Å². The Morgan fingerprint density at radius 3 is 2.78 bits per heavy atom. The lowest BCUT2D eigenvalue weighted by Gasteiger charge is -2.04. The molecule has 0 spiro atoms. The van der Waals surface area contributed by atoms with Gasteiger partial charge in [0.2, 0.25) is 0 Å². The van der Waals surface area contributed by atoms with Crippen molar-refractivity contribution in [1.82, 2.24) is 15.0 Å². The van der Waals surface area contributed by atoms with Crippen molar-refractivity contribution in [3.8, 4) is 5.69 Å². The molecule has 0 saturated heterocycles. The highest BCUT2D eigenvalue weighted by Gasteiger charge is 2.14. The smallest absolute Gasteiger partial charge is 0.150 e. The van der Waals surface area contributed by atoms with E-state index in [-0.39, 0.29) is 15.5 Å². The Kier molecular flexibility index (Phi) is 3.97. The van der Waals surface area contributed by atoms with Gasteiger partial charge in [-0.2, -0.15) is 0 Å². The lowest BCUT2D eigenvalue weighted by atomic mass is 10.2. The standard InChI is InChI=1S/C11H9BrClF2N3/c1-2-7(13)10-5-18(17-16-10)11-4-8(14)6(12)3-9(11)15/h3-5,7H,2H2,1H3. The average molecular weight is 337 g/mol. The summed E-state index contributed by atoms with van der Waals surface area (Å²) in [5, 5.41) is 7.29. The van der Waals surface area contributed by atoms with Crippen LogP contribution in [0.15, 0.2) is 22.8 Å². The zero-order valence-corrected chi connectivity index (χ0v) is 11.7. The maximum absolute atomic E-state index is 13.7. The molecule has 0 aliphatic heterocycles. The number of benzene rings is 1. The van der Waals surface area contributed by atoms with Crippen LogP contribution in [0, 0.1) is 11.6 Å². The molecular weight excluding hydrogens is 327 g/mol. The molecule has 1 heterocycles. The fraction of sp³-hybridized carbons (Fsp3) is 0.273. The Balaban J connectivity index is 2.43. The molecule has 0 fully saturated rings. The van der Waals surface area contributed by atoms with Gasteiger partial charge in [0, 0.05) is 6.07 Å². The Labute approximate surface area is 116 Å². The van der Waals surface area contributed by atoms with Crippen LogP contribution in [0.5, 0.6) is 0 Å². The number of aromatic nitrogens is 3. The van der Waals surface area contributed by atoms with Crippen LogP contribution in [-0.4, -0.2) is 15.0 Å². The molecule has 1 atom stereocenters. The first kappa shape index (κ1) is 13.4. The largest absolute Gasteiger partial charge is 0.217 e. The van der Waals surface area contributed by atoms with Crippen molar-refractivity contribution in [2.24, 2.45) is 0 Å². The minimum absolute atomic E-state index is 0.00517. The van der Waals surface area contributed by atoms with Gasteiger partial charge in [0.25, 0.3) is 0 Å². The van der Waals surface area contributed by atoms with Crippen LogP contribution in [0.25, 0.3) is 5.69 Å². The minimum atomic E-state index is -0.595. The molecule has 0 aliphatic rings. The summed E-state index contributed by atoms with van der Waals surface area (Å²) in [4.78, 5) is 0. The van der Waals surface area contributed by atoms with E-state index in [1.165, 1.54) is 10.9 Å². The van der Waals surface area contributed by atoms with Crippen LogP contribution in [0.3, 0.4) is 0 Å². The van der Waals surface area contributed by atoms with E-state index in [0.29, 0.717) is 12.1 Å². The van der Waals surface area contributed by atoms with E-state index in [9.17, 15) is 8.78 Å². The molecule has 1 aromatic carbocycles.